The van der Waals surface area contributed by atoms with Crippen molar-refractivity contribution in [1.29, 1.82) is 0 Å². The molecule has 0 aliphatic rings. The standard InChI is InChI=1S/C12H11F3N4O2/c13-12(14,15)6-21-5-8-1-3-9(4-2-8)10(20)19-11(16)17-7-18-19/h1-4,7H,5-6H2,(H2,16,17,18). The molecule has 0 bridgehead atoms. The van der Waals surface area contributed by atoms with Crippen LogP contribution in [-0.2, 0) is 11.3 Å². The summed E-state index contributed by atoms with van der Waals surface area (Å²) in [6.45, 7) is -1.51. The van der Waals surface area contributed by atoms with Gasteiger partial charge < -0.3 is 10.5 Å². The quantitative estimate of drug-likeness (QED) is 0.928. The number of nitrogens with zero attached hydrogens (tertiary/aromatic N) is 3. The van der Waals surface area contributed by atoms with Crippen LogP contribution in [0.3, 0.4) is 0 Å². The van der Waals surface area contributed by atoms with E-state index in [4.69, 9.17) is 5.73 Å². The van der Waals surface area contributed by atoms with Gasteiger partial charge in [-0.2, -0.15) is 27.9 Å². The van der Waals surface area contributed by atoms with Gasteiger partial charge in [0.25, 0.3) is 5.91 Å². The van der Waals surface area contributed by atoms with Crippen molar-refractivity contribution in [3.05, 3.63) is 41.7 Å². The lowest BCUT2D eigenvalue weighted by atomic mass is 10.1. The molecule has 0 amide bonds. The summed E-state index contributed by atoms with van der Waals surface area (Å²) in [4.78, 5) is 15.6. The normalized spacial score (nSPS) is 11.6. The number of alkyl halides is 3. The number of halogens is 3. The van der Waals surface area contributed by atoms with Crippen LogP contribution in [0.25, 0.3) is 0 Å². The van der Waals surface area contributed by atoms with E-state index in [1.165, 1.54) is 24.3 Å². The second-order valence-electron chi connectivity index (χ2n) is 4.14. The first-order valence-corrected chi connectivity index (χ1v) is 5.80. The summed E-state index contributed by atoms with van der Waals surface area (Å²) < 4.78 is 41.2. The van der Waals surface area contributed by atoms with E-state index in [1.54, 1.807) is 0 Å². The van der Waals surface area contributed by atoms with Crippen molar-refractivity contribution in [3.63, 3.8) is 0 Å². The first kappa shape index (κ1) is 15.0. The average molecular weight is 300 g/mol. The second-order valence-corrected chi connectivity index (χ2v) is 4.14. The summed E-state index contributed by atoms with van der Waals surface area (Å²) in [6.07, 6.45) is -3.22. The highest BCUT2D eigenvalue weighted by atomic mass is 19.4. The average Bonchev–Trinajstić information content (AvgIpc) is 2.83. The predicted molar refractivity (Wildman–Crippen MR) is 66.3 cm³/mol. The van der Waals surface area contributed by atoms with Gasteiger partial charge in [-0.1, -0.05) is 12.1 Å². The minimum atomic E-state index is -4.36. The lowest BCUT2D eigenvalue weighted by molar-refractivity contribution is -0.176. The maximum atomic E-state index is 12.0. The van der Waals surface area contributed by atoms with Crippen LogP contribution in [0, 0.1) is 0 Å². The van der Waals surface area contributed by atoms with Crippen molar-refractivity contribution in [2.75, 3.05) is 12.3 Å². The third kappa shape index (κ3) is 4.02. The molecule has 0 spiro atoms. The number of benzene rings is 1. The molecule has 0 aliphatic heterocycles. The SMILES string of the molecule is Nc1ncnn1C(=O)c1ccc(COCC(F)(F)F)cc1. The lowest BCUT2D eigenvalue weighted by Crippen LogP contribution is -2.17. The zero-order valence-corrected chi connectivity index (χ0v) is 10.7. The van der Waals surface area contributed by atoms with Gasteiger partial charge in [0, 0.05) is 5.56 Å². The van der Waals surface area contributed by atoms with Gasteiger partial charge >= 0.3 is 6.18 Å². The molecular formula is C12H11F3N4O2. The molecule has 9 heteroatoms. The Labute approximate surface area is 117 Å². The molecular weight excluding hydrogens is 289 g/mol. The Morgan fingerprint density at radius 3 is 2.48 bits per heavy atom. The van der Waals surface area contributed by atoms with Crippen LogP contribution in [0.15, 0.2) is 30.6 Å². The highest BCUT2D eigenvalue weighted by Crippen LogP contribution is 2.16. The maximum absolute atomic E-state index is 12.0. The minimum absolute atomic E-state index is 0.0439. The fraction of sp³-hybridized carbons (Fsp3) is 0.250. The van der Waals surface area contributed by atoms with Gasteiger partial charge in [0.1, 0.15) is 12.9 Å². The Balaban J connectivity index is 1.99. The van der Waals surface area contributed by atoms with E-state index < -0.39 is 18.7 Å². The third-order valence-electron chi connectivity index (χ3n) is 2.50. The molecule has 21 heavy (non-hydrogen) atoms. The molecule has 1 aromatic heterocycles. The number of carbonyl (C=O) groups excluding carboxylic acids is 1. The summed E-state index contributed by atoms with van der Waals surface area (Å²) in [5.41, 5.74) is 6.26. The number of nitrogens with two attached hydrogens (primary N) is 1. The van der Waals surface area contributed by atoms with Crippen molar-refractivity contribution in [3.8, 4) is 0 Å². The molecule has 0 radical (unpaired) electrons. The highest BCUT2D eigenvalue weighted by Gasteiger charge is 2.27. The summed E-state index contributed by atoms with van der Waals surface area (Å²) in [6, 6.07) is 5.90. The number of hydrogen-bond acceptors (Lipinski definition) is 5. The van der Waals surface area contributed by atoms with E-state index in [2.05, 4.69) is 14.8 Å². The molecule has 0 unspecified atom stereocenters. The molecule has 2 aromatic rings. The fourth-order valence-corrected chi connectivity index (χ4v) is 1.56. The number of ether oxygens (including phenoxy) is 1. The lowest BCUT2D eigenvalue weighted by Gasteiger charge is -2.08. The third-order valence-corrected chi connectivity index (χ3v) is 2.50. The molecule has 0 saturated heterocycles. The number of carbonyl (C=O) groups is 1. The Hall–Kier alpha value is -2.42. The molecule has 6 nitrogen and oxygen atoms in total. The monoisotopic (exact) mass is 300 g/mol. The Bertz CT molecular complexity index is 622. The number of anilines is 1. The molecule has 2 rings (SSSR count). The predicted octanol–water partition coefficient (Wildman–Crippen LogP) is 1.63. The van der Waals surface area contributed by atoms with Crippen molar-refractivity contribution in [2.24, 2.45) is 0 Å². The molecule has 1 aromatic carbocycles. The van der Waals surface area contributed by atoms with Crippen molar-refractivity contribution < 1.29 is 22.7 Å². The summed E-state index contributed by atoms with van der Waals surface area (Å²) in [7, 11) is 0. The first-order chi connectivity index (χ1) is 9.87. The topological polar surface area (TPSA) is 83.0 Å². The second kappa shape index (κ2) is 5.92. The van der Waals surface area contributed by atoms with Crippen LogP contribution < -0.4 is 5.73 Å². The summed E-state index contributed by atoms with van der Waals surface area (Å²) in [5, 5.41) is 3.67. The van der Waals surface area contributed by atoms with E-state index in [0.717, 1.165) is 11.0 Å². The van der Waals surface area contributed by atoms with Crippen LogP contribution in [0.2, 0.25) is 0 Å². The molecule has 0 atom stereocenters. The van der Waals surface area contributed by atoms with Gasteiger partial charge in [0.15, 0.2) is 0 Å². The van der Waals surface area contributed by atoms with E-state index in [1.807, 2.05) is 0 Å². The molecule has 2 N–H and O–H groups in total. The minimum Gasteiger partial charge on any atom is -0.368 e. The first-order valence-electron chi connectivity index (χ1n) is 5.80. The van der Waals surface area contributed by atoms with Crippen molar-refractivity contribution in [2.45, 2.75) is 12.8 Å². The van der Waals surface area contributed by atoms with E-state index in [0.29, 0.717) is 5.56 Å². The van der Waals surface area contributed by atoms with Crippen LogP contribution in [-0.4, -0.2) is 33.5 Å². The largest absolute Gasteiger partial charge is 0.411 e. The Morgan fingerprint density at radius 1 is 1.29 bits per heavy atom. The molecule has 0 saturated carbocycles. The van der Waals surface area contributed by atoms with Crippen molar-refractivity contribution in [1.82, 2.24) is 14.8 Å². The molecule has 112 valence electrons. The molecule has 0 aliphatic carbocycles. The summed E-state index contributed by atoms with van der Waals surface area (Å²) >= 11 is 0. The fourth-order valence-electron chi connectivity index (χ4n) is 1.56. The van der Waals surface area contributed by atoms with Gasteiger partial charge in [-0.25, -0.2) is 0 Å². The number of hydrogen-bond donors (Lipinski definition) is 1. The van der Waals surface area contributed by atoms with Gasteiger partial charge in [0.05, 0.1) is 6.61 Å². The number of rotatable bonds is 4. The van der Waals surface area contributed by atoms with Gasteiger partial charge in [-0.05, 0) is 17.7 Å². The van der Waals surface area contributed by atoms with Gasteiger partial charge in [0.2, 0.25) is 5.95 Å². The van der Waals surface area contributed by atoms with Crippen LogP contribution in [0.1, 0.15) is 15.9 Å². The van der Waals surface area contributed by atoms with E-state index in [9.17, 15) is 18.0 Å². The molecule has 0 fully saturated rings. The zero-order chi connectivity index (χ0) is 15.5. The van der Waals surface area contributed by atoms with Gasteiger partial charge in [-0.3, -0.25) is 4.79 Å². The molecule has 1 heterocycles. The number of nitrogen functional groups attached to an aromatic ring is 1. The van der Waals surface area contributed by atoms with E-state index in [-0.39, 0.29) is 18.1 Å². The zero-order valence-electron chi connectivity index (χ0n) is 10.7. The highest BCUT2D eigenvalue weighted by molar-refractivity contribution is 5.96. The maximum Gasteiger partial charge on any atom is 0.411 e. The van der Waals surface area contributed by atoms with Crippen molar-refractivity contribution >= 4 is 11.9 Å². The number of aromatic nitrogens is 3. The summed E-state index contributed by atoms with van der Waals surface area (Å²) in [5.74, 6) is -0.523. The van der Waals surface area contributed by atoms with Crippen LogP contribution in [0.5, 0.6) is 0 Å². The Morgan fingerprint density at radius 2 is 1.95 bits per heavy atom. The van der Waals surface area contributed by atoms with Crippen LogP contribution >= 0.6 is 0 Å². The van der Waals surface area contributed by atoms with Gasteiger partial charge in [-0.15, -0.1) is 0 Å². The Kier molecular flexibility index (Phi) is 4.22. The smallest absolute Gasteiger partial charge is 0.368 e. The van der Waals surface area contributed by atoms with E-state index >= 15 is 0 Å². The van der Waals surface area contributed by atoms with Crippen LogP contribution in [0.4, 0.5) is 19.1 Å².